The van der Waals surface area contributed by atoms with Crippen molar-refractivity contribution in [2.45, 2.75) is 11.8 Å². The normalized spacial score (nSPS) is 9.75. The largest absolute Gasteiger partial charge is 0.387 e. The molecular weight excluding hydrogens is 168 g/mol. The van der Waals surface area contributed by atoms with Crippen LogP contribution in [0.2, 0.25) is 0 Å². The van der Waals surface area contributed by atoms with Gasteiger partial charge in [0, 0.05) is 4.90 Å². The Morgan fingerprint density at radius 1 is 1.58 bits per heavy atom. The first-order valence-corrected chi connectivity index (χ1v) is 4.69. The van der Waals surface area contributed by atoms with Crippen molar-refractivity contribution in [1.82, 2.24) is 0 Å². The molecule has 12 heavy (non-hydrogen) atoms. The first kappa shape index (κ1) is 9.13. The first-order chi connectivity index (χ1) is 5.68. The summed E-state index contributed by atoms with van der Waals surface area (Å²) in [5.41, 5.74) is 6.48. The van der Waals surface area contributed by atoms with Gasteiger partial charge in [-0.15, -0.1) is 11.8 Å². The maximum absolute atomic E-state index is 7.05. The molecule has 1 aromatic carbocycles. The van der Waals surface area contributed by atoms with Crippen LogP contribution < -0.4 is 5.73 Å². The van der Waals surface area contributed by atoms with Crippen LogP contribution in [-0.2, 0) is 0 Å². The molecule has 0 aliphatic heterocycles. The van der Waals surface area contributed by atoms with Gasteiger partial charge in [-0.1, -0.05) is 17.7 Å². The summed E-state index contributed by atoms with van der Waals surface area (Å²) in [4.78, 5) is 1.17. The summed E-state index contributed by atoms with van der Waals surface area (Å²) in [5, 5.41) is 7.05. The van der Waals surface area contributed by atoms with Gasteiger partial charge in [0.25, 0.3) is 0 Å². The number of nitrogens with one attached hydrogen (secondary N) is 1. The van der Waals surface area contributed by atoms with E-state index in [-0.39, 0.29) is 5.84 Å². The van der Waals surface area contributed by atoms with Crippen LogP contribution in [0.4, 0.5) is 0 Å². The van der Waals surface area contributed by atoms with Gasteiger partial charge in [-0.3, -0.25) is 5.41 Å². The Kier molecular flexibility index (Phi) is 3.17. The molecule has 0 saturated carbocycles. The van der Waals surface area contributed by atoms with Crippen LogP contribution in [0.25, 0.3) is 0 Å². The molecule has 0 heterocycles. The minimum Gasteiger partial charge on any atom is -0.387 e. The third-order valence-electron chi connectivity index (χ3n) is 1.38. The van der Waals surface area contributed by atoms with Crippen molar-refractivity contribution in [1.29, 1.82) is 5.41 Å². The highest BCUT2D eigenvalue weighted by Crippen LogP contribution is 2.17. The number of rotatable bonds is 3. The second-order valence-electron chi connectivity index (χ2n) is 2.63. The fourth-order valence-electron chi connectivity index (χ4n) is 0.866. The zero-order chi connectivity index (χ0) is 8.97. The smallest absolute Gasteiger partial charge is 0.101 e. The van der Waals surface area contributed by atoms with Gasteiger partial charge in [0.15, 0.2) is 0 Å². The SMILES string of the molecule is Cc1cccc(SCC(=N)N)c1. The quantitative estimate of drug-likeness (QED) is 0.425. The Balaban J connectivity index is 2.57. The molecule has 1 rings (SSSR count). The molecule has 0 aromatic heterocycles. The molecule has 1 aromatic rings. The predicted molar refractivity (Wildman–Crippen MR) is 53.8 cm³/mol. The fraction of sp³-hybridized carbons (Fsp3) is 0.222. The molecule has 64 valence electrons. The molecule has 0 saturated heterocycles. The summed E-state index contributed by atoms with van der Waals surface area (Å²) in [5.74, 6) is 0.796. The van der Waals surface area contributed by atoms with Crippen LogP contribution in [0.15, 0.2) is 29.2 Å². The minimum atomic E-state index is 0.224. The van der Waals surface area contributed by atoms with Crippen LogP contribution in [-0.4, -0.2) is 11.6 Å². The van der Waals surface area contributed by atoms with Crippen LogP contribution >= 0.6 is 11.8 Å². The third kappa shape index (κ3) is 2.96. The van der Waals surface area contributed by atoms with Gasteiger partial charge in [0.1, 0.15) is 5.84 Å². The van der Waals surface area contributed by atoms with E-state index in [1.807, 2.05) is 12.1 Å². The number of thioether (sulfide) groups is 1. The molecule has 2 nitrogen and oxygen atoms in total. The molecule has 0 atom stereocenters. The van der Waals surface area contributed by atoms with Crippen molar-refractivity contribution < 1.29 is 0 Å². The molecule has 0 fully saturated rings. The lowest BCUT2D eigenvalue weighted by atomic mass is 10.2. The molecule has 0 radical (unpaired) electrons. The second-order valence-corrected chi connectivity index (χ2v) is 3.68. The highest BCUT2D eigenvalue weighted by molar-refractivity contribution is 8.00. The van der Waals surface area contributed by atoms with Crippen LogP contribution in [0.5, 0.6) is 0 Å². The molecule has 0 bridgehead atoms. The summed E-state index contributed by atoms with van der Waals surface area (Å²) in [6.45, 7) is 2.05. The van der Waals surface area contributed by atoms with Crippen molar-refractivity contribution in [2.24, 2.45) is 5.73 Å². The van der Waals surface area contributed by atoms with Crippen LogP contribution in [0, 0.1) is 12.3 Å². The van der Waals surface area contributed by atoms with E-state index in [0.717, 1.165) is 0 Å². The average Bonchev–Trinajstić information content (AvgIpc) is 2.01. The Hall–Kier alpha value is -0.960. The van der Waals surface area contributed by atoms with Gasteiger partial charge in [-0.2, -0.15) is 0 Å². The zero-order valence-corrected chi connectivity index (χ0v) is 7.82. The van der Waals surface area contributed by atoms with Gasteiger partial charge in [-0.25, -0.2) is 0 Å². The highest BCUT2D eigenvalue weighted by atomic mass is 32.2. The van der Waals surface area contributed by atoms with E-state index in [4.69, 9.17) is 11.1 Å². The molecule has 0 amide bonds. The molecule has 0 spiro atoms. The maximum atomic E-state index is 7.05. The van der Waals surface area contributed by atoms with Crippen LogP contribution in [0.3, 0.4) is 0 Å². The fourth-order valence-corrected chi connectivity index (χ4v) is 1.63. The van der Waals surface area contributed by atoms with Gasteiger partial charge < -0.3 is 5.73 Å². The van der Waals surface area contributed by atoms with Gasteiger partial charge >= 0.3 is 0 Å². The molecule has 3 N–H and O–H groups in total. The number of amidine groups is 1. The number of hydrogen-bond acceptors (Lipinski definition) is 2. The van der Waals surface area contributed by atoms with E-state index < -0.39 is 0 Å². The zero-order valence-electron chi connectivity index (χ0n) is 7.00. The van der Waals surface area contributed by atoms with E-state index in [2.05, 4.69) is 19.1 Å². The van der Waals surface area contributed by atoms with Crippen LogP contribution in [0.1, 0.15) is 5.56 Å². The summed E-state index contributed by atoms with van der Waals surface area (Å²) in [6, 6.07) is 8.18. The summed E-state index contributed by atoms with van der Waals surface area (Å²) in [6.07, 6.45) is 0. The summed E-state index contributed by atoms with van der Waals surface area (Å²) in [7, 11) is 0. The number of hydrogen-bond donors (Lipinski definition) is 2. The van der Waals surface area contributed by atoms with E-state index in [1.165, 1.54) is 10.5 Å². The average molecular weight is 180 g/mol. The molecule has 0 unspecified atom stereocenters. The standard InChI is InChI=1S/C9H12N2S/c1-7-3-2-4-8(5-7)12-6-9(10)11/h2-5H,6H2,1H3,(H3,10,11). The highest BCUT2D eigenvalue weighted by Gasteiger charge is 1.94. The molecule has 0 aliphatic rings. The molecule has 0 aliphatic carbocycles. The minimum absolute atomic E-state index is 0.224. The summed E-state index contributed by atoms with van der Waals surface area (Å²) < 4.78 is 0. The molecular formula is C9H12N2S. The first-order valence-electron chi connectivity index (χ1n) is 3.71. The Bertz CT molecular complexity index is 284. The van der Waals surface area contributed by atoms with E-state index in [0.29, 0.717) is 5.75 Å². The Morgan fingerprint density at radius 3 is 2.92 bits per heavy atom. The second kappa shape index (κ2) is 4.16. The monoisotopic (exact) mass is 180 g/mol. The number of aryl methyl sites for hydroxylation is 1. The van der Waals surface area contributed by atoms with Crippen molar-refractivity contribution in [2.75, 3.05) is 5.75 Å². The third-order valence-corrected chi connectivity index (χ3v) is 2.43. The topological polar surface area (TPSA) is 49.9 Å². The Labute approximate surface area is 76.7 Å². The van der Waals surface area contributed by atoms with Gasteiger partial charge in [0.05, 0.1) is 5.75 Å². The van der Waals surface area contributed by atoms with E-state index in [9.17, 15) is 0 Å². The van der Waals surface area contributed by atoms with Gasteiger partial charge in [-0.05, 0) is 19.1 Å². The lowest BCUT2D eigenvalue weighted by Gasteiger charge is -2.00. The lowest BCUT2D eigenvalue weighted by Crippen LogP contribution is -2.11. The molecule has 3 heteroatoms. The van der Waals surface area contributed by atoms with E-state index in [1.54, 1.807) is 11.8 Å². The number of nitrogens with two attached hydrogens (primary N) is 1. The van der Waals surface area contributed by atoms with E-state index >= 15 is 0 Å². The number of benzene rings is 1. The Morgan fingerprint density at radius 2 is 2.33 bits per heavy atom. The summed E-state index contributed by atoms with van der Waals surface area (Å²) >= 11 is 1.59. The van der Waals surface area contributed by atoms with Crippen molar-refractivity contribution in [3.63, 3.8) is 0 Å². The maximum Gasteiger partial charge on any atom is 0.101 e. The van der Waals surface area contributed by atoms with Crippen molar-refractivity contribution in [3.8, 4) is 0 Å². The van der Waals surface area contributed by atoms with Crippen molar-refractivity contribution in [3.05, 3.63) is 29.8 Å². The van der Waals surface area contributed by atoms with Crippen molar-refractivity contribution >= 4 is 17.6 Å². The lowest BCUT2D eigenvalue weighted by molar-refractivity contribution is 1.36. The predicted octanol–water partition coefficient (Wildman–Crippen LogP) is 2.02. The van der Waals surface area contributed by atoms with Gasteiger partial charge in [0.2, 0.25) is 0 Å².